The Morgan fingerprint density at radius 2 is 2.27 bits per heavy atom. The summed E-state index contributed by atoms with van der Waals surface area (Å²) in [7, 11) is 0. The van der Waals surface area contributed by atoms with E-state index in [1.807, 2.05) is 6.92 Å². The third-order valence-electron chi connectivity index (χ3n) is 3.25. The van der Waals surface area contributed by atoms with Crippen LogP contribution in [0, 0.1) is 0 Å². The number of amides is 1. The topological polar surface area (TPSA) is 44.4 Å². The number of nitrogens with zero attached hydrogens (tertiary/aromatic N) is 1. The van der Waals surface area contributed by atoms with Gasteiger partial charge in [-0.15, -0.1) is 0 Å². The highest BCUT2D eigenvalue weighted by Gasteiger charge is 2.29. The van der Waals surface area contributed by atoms with Crippen molar-refractivity contribution in [3.05, 3.63) is 0 Å². The molecule has 15 heavy (non-hydrogen) atoms. The van der Waals surface area contributed by atoms with Crippen LogP contribution in [0.2, 0.25) is 0 Å². The molecule has 1 aliphatic carbocycles. The fourth-order valence-corrected chi connectivity index (χ4v) is 2.03. The Kier molecular flexibility index (Phi) is 3.26. The molecule has 2 N–H and O–H groups in total. The zero-order valence-electron chi connectivity index (χ0n) is 9.62. The molecule has 2 aliphatic rings. The Morgan fingerprint density at radius 1 is 1.53 bits per heavy atom. The zero-order chi connectivity index (χ0) is 10.8. The molecular weight excluding hydrogens is 190 g/mol. The molecule has 4 nitrogen and oxygen atoms in total. The van der Waals surface area contributed by atoms with Crippen LogP contribution in [0.15, 0.2) is 0 Å². The lowest BCUT2D eigenvalue weighted by atomic mass is 10.1. The van der Waals surface area contributed by atoms with Crippen molar-refractivity contribution in [3.63, 3.8) is 0 Å². The number of hydrogen-bond donors (Lipinski definition) is 2. The molecule has 2 rings (SSSR count). The van der Waals surface area contributed by atoms with Crippen LogP contribution in [0.25, 0.3) is 0 Å². The van der Waals surface area contributed by atoms with E-state index in [0.717, 1.165) is 32.5 Å². The Bertz CT molecular complexity index is 240. The van der Waals surface area contributed by atoms with Gasteiger partial charge in [-0.2, -0.15) is 0 Å². The molecular formula is C11H21N3O. The summed E-state index contributed by atoms with van der Waals surface area (Å²) in [5.74, 6) is 0.201. The zero-order valence-corrected chi connectivity index (χ0v) is 9.62. The number of piperazine rings is 1. The van der Waals surface area contributed by atoms with E-state index >= 15 is 0 Å². The second-order valence-electron chi connectivity index (χ2n) is 4.81. The van der Waals surface area contributed by atoms with Gasteiger partial charge in [0, 0.05) is 31.7 Å². The highest BCUT2D eigenvalue weighted by atomic mass is 16.2. The van der Waals surface area contributed by atoms with E-state index in [1.165, 1.54) is 0 Å². The lowest BCUT2D eigenvalue weighted by Crippen LogP contribution is -2.56. The first-order valence-electron chi connectivity index (χ1n) is 5.94. The van der Waals surface area contributed by atoms with Gasteiger partial charge < -0.3 is 10.6 Å². The first-order valence-corrected chi connectivity index (χ1v) is 5.94. The molecule has 2 fully saturated rings. The Morgan fingerprint density at radius 3 is 2.87 bits per heavy atom. The largest absolute Gasteiger partial charge is 0.352 e. The molecule has 1 amide bonds. The van der Waals surface area contributed by atoms with Gasteiger partial charge in [0.15, 0.2) is 0 Å². The molecule has 1 aliphatic heterocycles. The van der Waals surface area contributed by atoms with E-state index in [2.05, 4.69) is 22.5 Å². The number of carbonyl (C=O) groups excluding carboxylic acids is 1. The van der Waals surface area contributed by atoms with E-state index in [9.17, 15) is 4.79 Å². The molecule has 1 saturated carbocycles. The van der Waals surface area contributed by atoms with Crippen molar-refractivity contribution < 1.29 is 4.79 Å². The second-order valence-corrected chi connectivity index (χ2v) is 4.81. The smallest absolute Gasteiger partial charge is 0.237 e. The molecule has 0 radical (unpaired) electrons. The molecule has 0 aromatic rings. The molecule has 0 bridgehead atoms. The number of nitrogens with one attached hydrogen (secondary N) is 2. The summed E-state index contributed by atoms with van der Waals surface area (Å²) in [6.07, 6.45) is 2.33. The van der Waals surface area contributed by atoms with Crippen molar-refractivity contribution >= 4 is 5.91 Å². The first-order chi connectivity index (χ1) is 7.16. The Labute approximate surface area is 91.4 Å². The van der Waals surface area contributed by atoms with Crippen LogP contribution in [-0.2, 0) is 4.79 Å². The average Bonchev–Trinajstić information content (AvgIpc) is 3.00. The number of rotatable bonds is 3. The highest BCUT2D eigenvalue weighted by molar-refractivity contribution is 5.81. The third kappa shape index (κ3) is 2.92. The van der Waals surface area contributed by atoms with Crippen molar-refractivity contribution in [2.24, 2.45) is 0 Å². The summed E-state index contributed by atoms with van der Waals surface area (Å²) < 4.78 is 0. The van der Waals surface area contributed by atoms with E-state index in [1.54, 1.807) is 0 Å². The summed E-state index contributed by atoms with van der Waals surface area (Å²) in [5, 5.41) is 6.45. The van der Waals surface area contributed by atoms with Crippen LogP contribution >= 0.6 is 0 Å². The van der Waals surface area contributed by atoms with E-state index in [4.69, 9.17) is 0 Å². The first kappa shape index (κ1) is 10.9. The fourth-order valence-electron chi connectivity index (χ4n) is 2.03. The molecule has 4 heteroatoms. The maximum absolute atomic E-state index is 11.8. The van der Waals surface area contributed by atoms with Crippen LogP contribution in [-0.4, -0.2) is 48.6 Å². The van der Waals surface area contributed by atoms with Gasteiger partial charge >= 0.3 is 0 Å². The van der Waals surface area contributed by atoms with Gasteiger partial charge in [-0.1, -0.05) is 0 Å². The molecule has 0 spiro atoms. The summed E-state index contributed by atoms with van der Waals surface area (Å²) in [5.41, 5.74) is 0. The Balaban J connectivity index is 1.82. The predicted octanol–water partition coefficient (Wildman–Crippen LogP) is -0.0528. The van der Waals surface area contributed by atoms with Gasteiger partial charge in [0.05, 0.1) is 6.04 Å². The van der Waals surface area contributed by atoms with Crippen LogP contribution < -0.4 is 10.6 Å². The van der Waals surface area contributed by atoms with Gasteiger partial charge in [0.1, 0.15) is 0 Å². The van der Waals surface area contributed by atoms with Crippen molar-refractivity contribution in [1.82, 2.24) is 15.5 Å². The molecule has 0 aromatic heterocycles. The fraction of sp³-hybridized carbons (Fsp3) is 0.909. The minimum absolute atomic E-state index is 0.0233. The van der Waals surface area contributed by atoms with E-state index < -0.39 is 0 Å². The number of carbonyl (C=O) groups is 1. The lowest BCUT2D eigenvalue weighted by molar-refractivity contribution is -0.126. The Hall–Kier alpha value is -0.610. The van der Waals surface area contributed by atoms with Crippen molar-refractivity contribution in [1.29, 1.82) is 0 Å². The minimum Gasteiger partial charge on any atom is -0.352 e. The van der Waals surface area contributed by atoms with E-state index in [-0.39, 0.29) is 11.9 Å². The quantitative estimate of drug-likeness (QED) is 0.688. The van der Waals surface area contributed by atoms with Crippen molar-refractivity contribution in [3.8, 4) is 0 Å². The second kappa shape index (κ2) is 4.49. The lowest BCUT2D eigenvalue weighted by Gasteiger charge is -2.35. The maximum Gasteiger partial charge on any atom is 0.237 e. The van der Waals surface area contributed by atoms with Crippen molar-refractivity contribution in [2.45, 2.75) is 44.8 Å². The molecule has 0 aromatic carbocycles. The average molecular weight is 211 g/mol. The summed E-state index contributed by atoms with van der Waals surface area (Å²) in [6.45, 7) is 7.11. The predicted molar refractivity (Wildman–Crippen MR) is 59.7 cm³/mol. The number of hydrogen-bond acceptors (Lipinski definition) is 3. The summed E-state index contributed by atoms with van der Waals surface area (Å²) >= 11 is 0. The van der Waals surface area contributed by atoms with E-state index in [0.29, 0.717) is 12.1 Å². The van der Waals surface area contributed by atoms with Crippen LogP contribution in [0.5, 0.6) is 0 Å². The molecule has 2 atom stereocenters. The highest BCUT2D eigenvalue weighted by Crippen LogP contribution is 2.19. The standard InChI is InChI=1S/C11H21N3O/c1-8-7-14(6-5-12-8)9(2)11(15)13-10-3-4-10/h8-10,12H,3-7H2,1-2H3,(H,13,15)/t8-,9?/m0/s1. The van der Waals surface area contributed by atoms with Gasteiger partial charge in [-0.3, -0.25) is 9.69 Å². The van der Waals surface area contributed by atoms with Crippen LogP contribution in [0.4, 0.5) is 0 Å². The SMILES string of the molecule is CC(C(=O)NC1CC1)N1CCN[C@@H](C)C1. The van der Waals surface area contributed by atoms with Crippen molar-refractivity contribution in [2.75, 3.05) is 19.6 Å². The van der Waals surface area contributed by atoms with Gasteiger partial charge in [-0.25, -0.2) is 0 Å². The van der Waals surface area contributed by atoms with Gasteiger partial charge in [0.25, 0.3) is 0 Å². The maximum atomic E-state index is 11.8. The summed E-state index contributed by atoms with van der Waals surface area (Å²) in [6, 6.07) is 0.991. The molecule has 1 unspecified atom stereocenters. The summed E-state index contributed by atoms with van der Waals surface area (Å²) in [4.78, 5) is 14.1. The molecule has 1 heterocycles. The molecule has 86 valence electrons. The molecule has 1 saturated heterocycles. The monoisotopic (exact) mass is 211 g/mol. The normalized spacial score (nSPS) is 29.9. The minimum atomic E-state index is 0.0233. The van der Waals surface area contributed by atoms with Crippen LogP contribution in [0.3, 0.4) is 0 Å². The van der Waals surface area contributed by atoms with Gasteiger partial charge in [0.2, 0.25) is 5.91 Å². The van der Waals surface area contributed by atoms with Crippen LogP contribution in [0.1, 0.15) is 26.7 Å². The third-order valence-corrected chi connectivity index (χ3v) is 3.25. The van der Waals surface area contributed by atoms with Gasteiger partial charge in [-0.05, 0) is 26.7 Å².